The molecular formula is C20H39NaO7S. The molecule has 0 saturated heterocycles. The maximum atomic E-state index is 12.1. The second-order valence-corrected chi connectivity index (χ2v) is 9.32. The average molecular weight is 447 g/mol. The van der Waals surface area contributed by atoms with Crippen molar-refractivity contribution in [2.24, 2.45) is 11.8 Å². The Bertz CT molecular complexity index is 551. The Balaban J connectivity index is 0. The third-order valence-corrected chi connectivity index (χ3v) is 5.69. The van der Waals surface area contributed by atoms with Crippen molar-refractivity contribution in [2.45, 2.75) is 90.7 Å². The quantitative estimate of drug-likeness (QED) is 0.167. The molecule has 0 fully saturated rings. The van der Waals surface area contributed by atoms with Crippen LogP contribution in [0.5, 0.6) is 0 Å². The van der Waals surface area contributed by atoms with Crippen LogP contribution >= 0.6 is 0 Å². The van der Waals surface area contributed by atoms with Gasteiger partial charge in [0.1, 0.15) is 0 Å². The van der Waals surface area contributed by atoms with Crippen LogP contribution in [0.2, 0.25) is 0 Å². The Morgan fingerprint density at radius 2 is 1.31 bits per heavy atom. The van der Waals surface area contributed by atoms with Gasteiger partial charge in [-0.1, -0.05) is 66.2 Å². The molecule has 168 valence electrons. The van der Waals surface area contributed by atoms with Gasteiger partial charge in [0, 0.05) is 0 Å². The second kappa shape index (κ2) is 17.5. The zero-order chi connectivity index (χ0) is 21.6. The minimum absolute atomic E-state index is 0. The van der Waals surface area contributed by atoms with E-state index in [1.165, 1.54) is 0 Å². The van der Waals surface area contributed by atoms with E-state index in [0.29, 0.717) is 0 Å². The summed E-state index contributed by atoms with van der Waals surface area (Å²) in [7, 11) is -4.76. The van der Waals surface area contributed by atoms with Gasteiger partial charge < -0.3 is 9.47 Å². The molecule has 0 amide bonds. The van der Waals surface area contributed by atoms with Crippen molar-refractivity contribution in [3.05, 3.63) is 0 Å². The summed E-state index contributed by atoms with van der Waals surface area (Å²) in [6, 6.07) is 0. The molecule has 0 aromatic carbocycles. The predicted molar refractivity (Wildman–Crippen MR) is 116 cm³/mol. The van der Waals surface area contributed by atoms with Gasteiger partial charge in [-0.15, -0.1) is 0 Å². The van der Waals surface area contributed by atoms with Crippen LogP contribution < -0.4 is 0 Å². The fraction of sp³-hybridized carbons (Fsp3) is 0.900. The molecule has 0 aliphatic heterocycles. The van der Waals surface area contributed by atoms with Crippen LogP contribution in [0, 0.1) is 11.8 Å². The van der Waals surface area contributed by atoms with E-state index in [4.69, 9.17) is 9.47 Å². The Hall–Kier alpha value is -0.150. The topological polar surface area (TPSA) is 107 Å². The van der Waals surface area contributed by atoms with Gasteiger partial charge in [0.15, 0.2) is 5.25 Å². The second-order valence-electron chi connectivity index (χ2n) is 7.72. The van der Waals surface area contributed by atoms with Gasteiger partial charge >= 0.3 is 41.5 Å². The van der Waals surface area contributed by atoms with Gasteiger partial charge in [-0.05, 0) is 24.7 Å². The summed E-state index contributed by atoms with van der Waals surface area (Å²) in [5, 5.41) is -1.95. The first-order valence-electron chi connectivity index (χ1n) is 10.4. The Morgan fingerprint density at radius 1 is 0.862 bits per heavy atom. The predicted octanol–water partition coefficient (Wildman–Crippen LogP) is 3.50. The molecule has 0 aliphatic carbocycles. The monoisotopic (exact) mass is 446 g/mol. The molecule has 0 aromatic rings. The number of carbonyl (C=O) groups is 2. The number of unbranched alkanes of at least 4 members (excludes halogenated alkanes) is 4. The van der Waals surface area contributed by atoms with Gasteiger partial charge in [-0.25, -0.2) is 0 Å². The molecule has 7 nitrogen and oxygen atoms in total. The molecule has 0 heterocycles. The first-order valence-corrected chi connectivity index (χ1v) is 11.9. The molecule has 3 unspecified atom stereocenters. The van der Waals surface area contributed by atoms with E-state index in [9.17, 15) is 22.6 Å². The Labute approximate surface area is 198 Å². The number of ether oxygens (including phenoxy) is 2. The van der Waals surface area contributed by atoms with Crippen LogP contribution in [0.4, 0.5) is 0 Å². The molecule has 0 bridgehead atoms. The van der Waals surface area contributed by atoms with E-state index < -0.39 is 33.7 Å². The molecule has 29 heavy (non-hydrogen) atoms. The van der Waals surface area contributed by atoms with Gasteiger partial charge in [0.25, 0.3) is 10.1 Å². The molecule has 9 heteroatoms. The minimum atomic E-state index is -4.76. The molecule has 0 rings (SSSR count). The summed E-state index contributed by atoms with van der Waals surface area (Å²) in [6.07, 6.45) is 7.41. The molecule has 0 radical (unpaired) electrons. The first kappa shape index (κ1) is 31.0. The van der Waals surface area contributed by atoms with E-state index >= 15 is 0 Å². The molecule has 0 spiro atoms. The van der Waals surface area contributed by atoms with E-state index in [1.807, 2.05) is 13.8 Å². The van der Waals surface area contributed by atoms with Crippen molar-refractivity contribution in [1.82, 2.24) is 0 Å². The van der Waals surface area contributed by atoms with E-state index in [0.717, 1.165) is 51.4 Å². The summed E-state index contributed by atoms with van der Waals surface area (Å²) in [6.45, 7) is 8.25. The first-order chi connectivity index (χ1) is 13.1. The van der Waals surface area contributed by atoms with Crippen LogP contribution in [0.15, 0.2) is 0 Å². The summed E-state index contributed by atoms with van der Waals surface area (Å²) >= 11 is 0. The summed E-state index contributed by atoms with van der Waals surface area (Å²) < 4.78 is 42.5. The summed E-state index contributed by atoms with van der Waals surface area (Å²) in [4.78, 5) is 24.0. The summed E-state index contributed by atoms with van der Waals surface area (Å²) in [5.41, 5.74) is 0. The van der Waals surface area contributed by atoms with Gasteiger partial charge in [-0.3, -0.25) is 14.1 Å². The molecule has 0 aliphatic rings. The van der Waals surface area contributed by atoms with Crippen LogP contribution in [0.3, 0.4) is 0 Å². The molecule has 0 saturated carbocycles. The zero-order valence-electron chi connectivity index (χ0n) is 17.8. The van der Waals surface area contributed by atoms with E-state index in [-0.39, 0.29) is 54.6 Å². The molecule has 1 N–H and O–H groups in total. The third-order valence-electron chi connectivity index (χ3n) is 4.61. The van der Waals surface area contributed by atoms with Crippen molar-refractivity contribution in [2.75, 3.05) is 13.2 Å². The molecule has 3 atom stereocenters. The van der Waals surface area contributed by atoms with Gasteiger partial charge in [-0.2, -0.15) is 8.42 Å². The number of hydrogen-bond donors (Lipinski definition) is 1. The van der Waals surface area contributed by atoms with Crippen molar-refractivity contribution in [1.29, 1.82) is 0 Å². The Morgan fingerprint density at radius 3 is 1.72 bits per heavy atom. The van der Waals surface area contributed by atoms with Gasteiger partial charge in [0.2, 0.25) is 0 Å². The normalized spacial score (nSPS) is 14.4. The fourth-order valence-corrected chi connectivity index (χ4v) is 3.38. The van der Waals surface area contributed by atoms with Crippen molar-refractivity contribution < 1.29 is 32.0 Å². The maximum absolute atomic E-state index is 12.1. The van der Waals surface area contributed by atoms with Crippen molar-refractivity contribution >= 4 is 51.6 Å². The molecular weight excluding hydrogens is 407 g/mol. The van der Waals surface area contributed by atoms with Crippen molar-refractivity contribution in [3.63, 3.8) is 0 Å². The zero-order valence-corrected chi connectivity index (χ0v) is 18.6. The average Bonchev–Trinajstić information content (AvgIpc) is 2.62. The fourth-order valence-electron chi connectivity index (χ4n) is 2.73. The Kier molecular flexibility index (Phi) is 18.8. The number of carbonyl (C=O) groups excluding carboxylic acids is 2. The standard InChI is InChI=1S/C20H38O7S.Na.H/c1-5-7-9-11-16(3)14-26-19(21)13-18(28(23,24)25)20(22)27-15-17(4)12-10-8-6-2;;/h16-18H,5-15H2,1-4H3,(H,23,24,25);;. The van der Waals surface area contributed by atoms with Crippen LogP contribution in [-0.2, 0) is 29.2 Å². The number of esters is 2. The molecule has 0 aromatic heterocycles. The SMILES string of the molecule is CCCCCC(C)COC(=O)CC(C(=O)OCC(C)CCCCC)S(=O)(=O)O.[NaH]. The van der Waals surface area contributed by atoms with E-state index in [1.54, 1.807) is 0 Å². The number of hydrogen-bond acceptors (Lipinski definition) is 6. The van der Waals surface area contributed by atoms with Crippen molar-refractivity contribution in [3.8, 4) is 0 Å². The van der Waals surface area contributed by atoms with E-state index in [2.05, 4.69) is 13.8 Å². The van der Waals surface area contributed by atoms with Crippen LogP contribution in [-0.4, -0.2) is 72.9 Å². The van der Waals surface area contributed by atoms with Gasteiger partial charge in [0.05, 0.1) is 19.6 Å². The number of rotatable bonds is 16. The van der Waals surface area contributed by atoms with Crippen LogP contribution in [0.25, 0.3) is 0 Å². The third kappa shape index (κ3) is 16.2. The summed E-state index contributed by atoms with van der Waals surface area (Å²) in [5.74, 6) is -1.72. The van der Waals surface area contributed by atoms with Crippen LogP contribution in [0.1, 0.15) is 85.5 Å².